The highest BCUT2D eigenvalue weighted by Gasteiger charge is 2.18. The van der Waals surface area contributed by atoms with Crippen molar-refractivity contribution >= 4 is 45.5 Å². The van der Waals surface area contributed by atoms with Crippen LogP contribution >= 0.6 is 11.6 Å². The maximum absolute atomic E-state index is 14.3. The Balaban J connectivity index is 1.51. The highest BCUT2D eigenvalue weighted by Crippen LogP contribution is 2.32. The molecule has 8 nitrogen and oxygen atoms in total. The van der Waals surface area contributed by atoms with E-state index in [1.807, 2.05) is 13.0 Å². The van der Waals surface area contributed by atoms with E-state index in [-0.39, 0.29) is 5.65 Å². The van der Waals surface area contributed by atoms with Gasteiger partial charge in [-0.2, -0.15) is 5.10 Å². The second-order valence-corrected chi connectivity index (χ2v) is 7.18. The summed E-state index contributed by atoms with van der Waals surface area (Å²) in [7, 11) is 0. The Morgan fingerprint density at radius 2 is 2.00 bits per heavy atom. The van der Waals surface area contributed by atoms with Gasteiger partial charge in [0, 0.05) is 50.7 Å². The summed E-state index contributed by atoms with van der Waals surface area (Å²) in [5.74, 6) is 0.897. The molecule has 1 saturated heterocycles. The van der Waals surface area contributed by atoms with Crippen LogP contribution in [0.4, 0.5) is 21.7 Å². The van der Waals surface area contributed by atoms with Crippen LogP contribution in [0, 0.1) is 12.7 Å². The number of nitrogens with one attached hydrogen (secondary N) is 3. The average Bonchev–Trinajstić information content (AvgIpc) is 3.26. The van der Waals surface area contributed by atoms with Crippen LogP contribution in [-0.4, -0.2) is 50.7 Å². The predicted molar refractivity (Wildman–Crippen MR) is 107 cm³/mol. The molecule has 144 valence electrons. The van der Waals surface area contributed by atoms with Crippen molar-refractivity contribution in [2.45, 2.75) is 6.92 Å². The quantitative estimate of drug-likeness (QED) is 0.458. The Hall–Kier alpha value is -2.91. The van der Waals surface area contributed by atoms with Crippen LogP contribution in [0.15, 0.2) is 24.5 Å². The molecular weight excluding hydrogens is 383 g/mol. The molecule has 0 unspecified atom stereocenters. The number of rotatable bonds is 3. The lowest BCUT2D eigenvalue weighted by Crippen LogP contribution is -2.43. The SMILES string of the molecule is Cc1cn2cc(Nc3n[nH]c4cc(N5CCNCC5)nc(Cl)c34)cc(F)c2n1. The summed E-state index contributed by atoms with van der Waals surface area (Å²) in [5.41, 5.74) is 2.35. The molecule has 4 aromatic rings. The van der Waals surface area contributed by atoms with Crippen LogP contribution in [0.25, 0.3) is 16.6 Å². The number of halogens is 2. The molecule has 0 spiro atoms. The molecule has 5 heterocycles. The lowest BCUT2D eigenvalue weighted by molar-refractivity contribution is 0.585. The zero-order chi connectivity index (χ0) is 19.3. The second kappa shape index (κ2) is 6.61. The summed E-state index contributed by atoms with van der Waals surface area (Å²) in [6.45, 7) is 5.39. The topological polar surface area (TPSA) is 86.2 Å². The average molecular weight is 401 g/mol. The number of aromatic amines is 1. The van der Waals surface area contributed by atoms with Crippen LogP contribution in [0.1, 0.15) is 5.69 Å². The van der Waals surface area contributed by atoms with Crippen LogP contribution in [0.3, 0.4) is 0 Å². The first-order valence-electron chi connectivity index (χ1n) is 9.00. The van der Waals surface area contributed by atoms with E-state index in [0.29, 0.717) is 22.0 Å². The highest BCUT2D eigenvalue weighted by molar-refractivity contribution is 6.35. The summed E-state index contributed by atoms with van der Waals surface area (Å²) < 4.78 is 16.0. The van der Waals surface area contributed by atoms with Crippen LogP contribution < -0.4 is 15.5 Å². The molecule has 5 rings (SSSR count). The fourth-order valence-corrected chi connectivity index (χ4v) is 3.80. The molecule has 0 aliphatic carbocycles. The molecule has 10 heteroatoms. The molecule has 1 aliphatic rings. The Labute approximate surface area is 164 Å². The van der Waals surface area contributed by atoms with Gasteiger partial charge in [-0.25, -0.2) is 14.4 Å². The van der Waals surface area contributed by atoms with Gasteiger partial charge in [0.15, 0.2) is 17.3 Å². The Morgan fingerprint density at radius 3 is 2.82 bits per heavy atom. The van der Waals surface area contributed by atoms with Gasteiger partial charge in [0.25, 0.3) is 0 Å². The molecule has 3 N–H and O–H groups in total. The second-order valence-electron chi connectivity index (χ2n) is 6.82. The Bertz CT molecular complexity index is 1180. The summed E-state index contributed by atoms with van der Waals surface area (Å²) in [5, 5.41) is 14.8. The van der Waals surface area contributed by atoms with E-state index in [9.17, 15) is 4.39 Å². The van der Waals surface area contributed by atoms with Crippen molar-refractivity contribution < 1.29 is 4.39 Å². The van der Waals surface area contributed by atoms with Crippen LogP contribution in [0.2, 0.25) is 5.15 Å². The molecule has 0 amide bonds. The number of anilines is 3. The summed E-state index contributed by atoms with van der Waals surface area (Å²) in [6.07, 6.45) is 3.52. The maximum Gasteiger partial charge on any atom is 0.173 e. The number of hydrogen-bond acceptors (Lipinski definition) is 6. The van der Waals surface area contributed by atoms with Crippen molar-refractivity contribution in [3.8, 4) is 0 Å². The number of fused-ring (bicyclic) bond motifs is 2. The molecular formula is C18H18ClFN8. The lowest BCUT2D eigenvalue weighted by atomic mass is 10.2. The van der Waals surface area contributed by atoms with Gasteiger partial charge in [0.05, 0.1) is 22.3 Å². The summed E-state index contributed by atoms with van der Waals surface area (Å²) in [6, 6.07) is 3.33. The van der Waals surface area contributed by atoms with Gasteiger partial charge in [-0.3, -0.25) is 5.10 Å². The standard InChI is InChI=1S/C18H18ClFN8/c1-10-8-28-9-11(6-12(20)18(28)22-10)23-17-15-13(25-26-17)7-14(24-16(15)19)27-4-2-21-3-5-27/h6-9,21H,2-5H2,1H3,(H2,23,25,26). The Kier molecular flexibility index (Phi) is 4.06. The van der Waals surface area contributed by atoms with Crippen molar-refractivity contribution in [1.82, 2.24) is 29.9 Å². The minimum atomic E-state index is -0.414. The normalized spacial score (nSPS) is 14.9. The number of H-pyrrole nitrogens is 1. The van der Waals surface area contributed by atoms with E-state index < -0.39 is 5.82 Å². The van der Waals surface area contributed by atoms with E-state index in [1.165, 1.54) is 6.07 Å². The first-order valence-corrected chi connectivity index (χ1v) is 9.38. The molecule has 4 aromatic heterocycles. The summed E-state index contributed by atoms with van der Waals surface area (Å²) >= 11 is 6.48. The minimum absolute atomic E-state index is 0.287. The molecule has 1 aliphatic heterocycles. The zero-order valence-electron chi connectivity index (χ0n) is 15.1. The minimum Gasteiger partial charge on any atom is -0.354 e. The molecule has 28 heavy (non-hydrogen) atoms. The molecule has 0 atom stereocenters. The van der Waals surface area contributed by atoms with Gasteiger partial charge in [0.2, 0.25) is 0 Å². The maximum atomic E-state index is 14.3. The summed E-state index contributed by atoms with van der Waals surface area (Å²) in [4.78, 5) is 10.9. The molecule has 1 fully saturated rings. The van der Waals surface area contributed by atoms with Gasteiger partial charge in [-0.1, -0.05) is 11.6 Å². The third kappa shape index (κ3) is 2.92. The van der Waals surface area contributed by atoms with Gasteiger partial charge in [-0.15, -0.1) is 0 Å². The fraction of sp³-hybridized carbons (Fsp3) is 0.278. The number of pyridine rings is 2. The number of nitrogens with zero attached hydrogens (tertiary/aromatic N) is 5. The largest absolute Gasteiger partial charge is 0.354 e. The van der Waals surface area contributed by atoms with Gasteiger partial charge in [-0.05, 0) is 6.92 Å². The van der Waals surface area contributed by atoms with Crippen molar-refractivity contribution in [2.24, 2.45) is 0 Å². The van der Waals surface area contributed by atoms with Crippen LogP contribution in [-0.2, 0) is 0 Å². The van der Waals surface area contributed by atoms with Crippen molar-refractivity contribution in [1.29, 1.82) is 0 Å². The van der Waals surface area contributed by atoms with E-state index >= 15 is 0 Å². The number of hydrogen-bond donors (Lipinski definition) is 3. The molecule has 0 aromatic carbocycles. The van der Waals surface area contributed by atoms with E-state index in [4.69, 9.17) is 11.6 Å². The highest BCUT2D eigenvalue weighted by atomic mass is 35.5. The first kappa shape index (κ1) is 17.2. The third-order valence-corrected chi connectivity index (χ3v) is 5.09. The monoisotopic (exact) mass is 400 g/mol. The lowest BCUT2D eigenvalue weighted by Gasteiger charge is -2.28. The number of aromatic nitrogens is 5. The van der Waals surface area contributed by atoms with Gasteiger partial charge < -0.3 is 19.9 Å². The molecule has 0 radical (unpaired) electrons. The number of piperazine rings is 1. The smallest absolute Gasteiger partial charge is 0.173 e. The van der Waals surface area contributed by atoms with E-state index in [2.05, 4.69) is 35.7 Å². The number of imidazole rings is 1. The molecule has 0 saturated carbocycles. The van der Waals surface area contributed by atoms with E-state index in [0.717, 1.165) is 43.2 Å². The van der Waals surface area contributed by atoms with Crippen molar-refractivity contribution in [3.63, 3.8) is 0 Å². The zero-order valence-corrected chi connectivity index (χ0v) is 15.9. The fourth-order valence-electron chi connectivity index (χ4n) is 3.52. The van der Waals surface area contributed by atoms with Crippen LogP contribution in [0.5, 0.6) is 0 Å². The Morgan fingerprint density at radius 1 is 1.18 bits per heavy atom. The van der Waals surface area contributed by atoms with E-state index in [1.54, 1.807) is 16.8 Å². The third-order valence-electron chi connectivity index (χ3n) is 4.82. The van der Waals surface area contributed by atoms with Gasteiger partial charge >= 0.3 is 0 Å². The number of aryl methyl sites for hydroxylation is 1. The van der Waals surface area contributed by atoms with Crippen molar-refractivity contribution in [3.05, 3.63) is 41.2 Å². The first-order chi connectivity index (χ1) is 13.6. The predicted octanol–water partition coefficient (Wildman–Crippen LogP) is 2.86. The van der Waals surface area contributed by atoms with Crippen molar-refractivity contribution in [2.75, 3.05) is 36.4 Å². The van der Waals surface area contributed by atoms with Gasteiger partial charge in [0.1, 0.15) is 11.0 Å². The molecule has 0 bridgehead atoms.